The monoisotopic (exact) mass is 328 g/mol. The maximum atomic E-state index is 12.8. The Morgan fingerprint density at radius 1 is 1.17 bits per heavy atom. The fourth-order valence-electron chi connectivity index (χ4n) is 2.19. The summed E-state index contributed by atoms with van der Waals surface area (Å²) in [4.78, 5) is 30.8. The Labute approximate surface area is 140 Å². The van der Waals surface area contributed by atoms with Gasteiger partial charge in [-0.25, -0.2) is 0 Å². The number of nitro benzene ring substituents is 1. The van der Waals surface area contributed by atoms with E-state index >= 15 is 0 Å². The van der Waals surface area contributed by atoms with Crippen molar-refractivity contribution in [2.24, 2.45) is 0 Å². The average molecular weight is 328 g/mol. The molecule has 1 aromatic carbocycles. The normalized spacial score (nSPS) is 10.6. The summed E-state index contributed by atoms with van der Waals surface area (Å²) < 4.78 is 0. The smallest absolute Gasteiger partial charge is 0.269 e. The van der Waals surface area contributed by atoms with Crippen LogP contribution in [0.5, 0.6) is 0 Å². The molecule has 126 valence electrons. The minimum Gasteiger partial charge on any atom is -0.333 e. The van der Waals surface area contributed by atoms with Crippen molar-refractivity contribution in [2.45, 2.75) is 6.54 Å². The largest absolute Gasteiger partial charge is 0.333 e. The van der Waals surface area contributed by atoms with Gasteiger partial charge in [-0.05, 0) is 37.9 Å². The molecule has 2 aromatic rings. The van der Waals surface area contributed by atoms with Crippen LogP contribution in [0, 0.1) is 10.1 Å². The van der Waals surface area contributed by atoms with Gasteiger partial charge < -0.3 is 9.80 Å². The number of likely N-dealkylation sites (N-methyl/N-ethyl adjacent to an activating group) is 1. The van der Waals surface area contributed by atoms with Crippen molar-refractivity contribution in [3.63, 3.8) is 0 Å². The highest BCUT2D eigenvalue weighted by Crippen LogP contribution is 2.15. The van der Waals surface area contributed by atoms with Crippen LogP contribution in [0.25, 0.3) is 0 Å². The molecule has 7 heteroatoms. The van der Waals surface area contributed by atoms with Gasteiger partial charge in [0.2, 0.25) is 0 Å². The number of rotatable bonds is 7. The number of nitro groups is 1. The molecule has 0 aliphatic carbocycles. The molecule has 0 radical (unpaired) electrons. The lowest BCUT2D eigenvalue weighted by Crippen LogP contribution is -2.36. The zero-order chi connectivity index (χ0) is 17.5. The Hall–Kier alpha value is -2.80. The van der Waals surface area contributed by atoms with Crippen LogP contribution in [0.15, 0.2) is 48.8 Å². The number of carbonyl (C=O) groups excluding carboxylic acids is 1. The molecule has 2 rings (SSSR count). The first-order chi connectivity index (χ1) is 11.5. The number of aromatic nitrogens is 1. The van der Waals surface area contributed by atoms with Crippen LogP contribution in [0.4, 0.5) is 5.69 Å². The van der Waals surface area contributed by atoms with Crippen LogP contribution >= 0.6 is 0 Å². The molecule has 0 aliphatic heterocycles. The van der Waals surface area contributed by atoms with Crippen molar-refractivity contribution in [3.8, 4) is 0 Å². The van der Waals surface area contributed by atoms with E-state index in [1.54, 1.807) is 17.3 Å². The highest BCUT2D eigenvalue weighted by atomic mass is 16.6. The standard InChI is InChI=1S/C17H20N4O3/c1-19(2)10-11-20(13-14-4-3-9-18-12-14)17(22)15-5-7-16(8-6-15)21(23)24/h3-9,12H,10-11,13H2,1-2H3. The summed E-state index contributed by atoms with van der Waals surface area (Å²) in [6.45, 7) is 1.72. The van der Waals surface area contributed by atoms with Gasteiger partial charge in [0, 0.05) is 49.7 Å². The second-order valence-electron chi connectivity index (χ2n) is 5.70. The molecule has 1 heterocycles. The molecule has 0 N–H and O–H groups in total. The highest BCUT2D eigenvalue weighted by Gasteiger charge is 2.17. The summed E-state index contributed by atoms with van der Waals surface area (Å²) in [5.41, 5.74) is 1.34. The van der Waals surface area contributed by atoms with Crippen molar-refractivity contribution in [2.75, 3.05) is 27.2 Å². The summed E-state index contributed by atoms with van der Waals surface area (Å²) >= 11 is 0. The zero-order valence-electron chi connectivity index (χ0n) is 13.8. The lowest BCUT2D eigenvalue weighted by atomic mass is 10.1. The Kier molecular flexibility index (Phi) is 5.97. The summed E-state index contributed by atoms with van der Waals surface area (Å²) in [5, 5.41) is 10.7. The van der Waals surface area contributed by atoms with Crippen molar-refractivity contribution in [1.82, 2.24) is 14.8 Å². The van der Waals surface area contributed by atoms with Gasteiger partial charge in [-0.3, -0.25) is 19.9 Å². The Balaban J connectivity index is 2.17. The molecular weight excluding hydrogens is 308 g/mol. The van der Waals surface area contributed by atoms with Gasteiger partial charge >= 0.3 is 0 Å². The SMILES string of the molecule is CN(C)CCN(Cc1cccnc1)C(=O)c1ccc([N+](=O)[O-])cc1. The summed E-state index contributed by atoms with van der Waals surface area (Å²) in [6.07, 6.45) is 3.41. The second kappa shape index (κ2) is 8.16. The van der Waals surface area contributed by atoms with E-state index in [1.165, 1.54) is 24.3 Å². The summed E-state index contributed by atoms with van der Waals surface area (Å²) in [5.74, 6) is -0.157. The van der Waals surface area contributed by atoms with Crippen molar-refractivity contribution >= 4 is 11.6 Å². The van der Waals surface area contributed by atoms with Gasteiger partial charge in [-0.15, -0.1) is 0 Å². The molecular formula is C17H20N4O3. The van der Waals surface area contributed by atoms with Gasteiger partial charge in [-0.2, -0.15) is 0 Å². The summed E-state index contributed by atoms with van der Waals surface area (Å²) in [6, 6.07) is 9.43. The third kappa shape index (κ3) is 4.85. The van der Waals surface area contributed by atoms with Crippen LogP contribution in [0.2, 0.25) is 0 Å². The van der Waals surface area contributed by atoms with Crippen molar-refractivity contribution < 1.29 is 9.72 Å². The number of hydrogen-bond donors (Lipinski definition) is 0. The van der Waals surface area contributed by atoms with Crippen LogP contribution in [0.3, 0.4) is 0 Å². The number of carbonyl (C=O) groups is 1. The molecule has 0 unspecified atom stereocenters. The maximum absolute atomic E-state index is 12.8. The van der Waals surface area contributed by atoms with Crippen LogP contribution in [0.1, 0.15) is 15.9 Å². The number of benzene rings is 1. The summed E-state index contributed by atoms with van der Waals surface area (Å²) in [7, 11) is 3.89. The van der Waals surface area contributed by atoms with Crippen LogP contribution in [-0.4, -0.2) is 52.8 Å². The number of pyridine rings is 1. The third-order valence-electron chi connectivity index (χ3n) is 3.53. The molecule has 0 saturated heterocycles. The highest BCUT2D eigenvalue weighted by molar-refractivity contribution is 5.94. The third-order valence-corrected chi connectivity index (χ3v) is 3.53. The number of hydrogen-bond acceptors (Lipinski definition) is 5. The molecule has 1 aromatic heterocycles. The Bertz CT molecular complexity index is 687. The zero-order valence-corrected chi connectivity index (χ0v) is 13.8. The molecule has 0 atom stereocenters. The van der Waals surface area contributed by atoms with Gasteiger partial charge in [0.05, 0.1) is 4.92 Å². The minimum absolute atomic E-state index is 0.0290. The van der Waals surface area contributed by atoms with Crippen molar-refractivity contribution in [3.05, 3.63) is 70.0 Å². The molecule has 0 bridgehead atoms. The van der Waals surface area contributed by atoms with Gasteiger partial charge in [-0.1, -0.05) is 6.07 Å². The van der Waals surface area contributed by atoms with E-state index in [0.29, 0.717) is 18.7 Å². The van der Waals surface area contributed by atoms with Crippen molar-refractivity contribution in [1.29, 1.82) is 0 Å². The van der Waals surface area contributed by atoms with Gasteiger partial charge in [0.25, 0.3) is 11.6 Å². The molecule has 24 heavy (non-hydrogen) atoms. The van der Waals surface area contributed by atoms with E-state index in [9.17, 15) is 14.9 Å². The predicted octanol–water partition coefficient (Wildman–Crippen LogP) is 2.19. The van der Waals surface area contributed by atoms with E-state index in [2.05, 4.69) is 4.98 Å². The first kappa shape index (κ1) is 17.6. The number of non-ortho nitro benzene ring substituents is 1. The molecule has 0 fully saturated rings. The average Bonchev–Trinajstić information content (AvgIpc) is 2.58. The maximum Gasteiger partial charge on any atom is 0.269 e. The molecule has 0 saturated carbocycles. The molecule has 7 nitrogen and oxygen atoms in total. The fraction of sp³-hybridized carbons (Fsp3) is 0.294. The lowest BCUT2D eigenvalue weighted by molar-refractivity contribution is -0.384. The van der Waals surface area contributed by atoms with E-state index in [-0.39, 0.29) is 11.6 Å². The van der Waals surface area contributed by atoms with E-state index in [1.807, 2.05) is 31.1 Å². The Morgan fingerprint density at radius 2 is 1.88 bits per heavy atom. The molecule has 0 spiro atoms. The van der Waals surface area contributed by atoms with Gasteiger partial charge in [0.15, 0.2) is 0 Å². The molecule has 1 amide bonds. The van der Waals surface area contributed by atoms with E-state index < -0.39 is 4.92 Å². The first-order valence-electron chi connectivity index (χ1n) is 7.54. The predicted molar refractivity (Wildman–Crippen MR) is 90.6 cm³/mol. The van der Waals surface area contributed by atoms with Gasteiger partial charge in [0.1, 0.15) is 0 Å². The fourth-order valence-corrected chi connectivity index (χ4v) is 2.19. The minimum atomic E-state index is -0.478. The molecule has 0 aliphatic rings. The number of amides is 1. The topological polar surface area (TPSA) is 79.6 Å². The quantitative estimate of drug-likeness (QED) is 0.575. The second-order valence-corrected chi connectivity index (χ2v) is 5.70. The van der Waals surface area contributed by atoms with Crippen LogP contribution < -0.4 is 0 Å². The lowest BCUT2D eigenvalue weighted by Gasteiger charge is -2.24. The first-order valence-corrected chi connectivity index (χ1v) is 7.54. The Morgan fingerprint density at radius 3 is 2.42 bits per heavy atom. The number of nitrogens with zero attached hydrogens (tertiary/aromatic N) is 4. The van der Waals surface area contributed by atoms with E-state index in [4.69, 9.17) is 0 Å². The van der Waals surface area contributed by atoms with E-state index in [0.717, 1.165) is 12.1 Å². The van der Waals surface area contributed by atoms with Crippen LogP contribution in [-0.2, 0) is 6.54 Å².